The fourth-order valence-corrected chi connectivity index (χ4v) is 7.27. The number of hydrogen-bond donors (Lipinski definition) is 0. The topological polar surface area (TPSA) is 3.24 Å². The molecule has 0 amide bonds. The Morgan fingerprint density at radius 1 is 0.348 bits per heavy atom. The van der Waals surface area contributed by atoms with Gasteiger partial charge in [-0.1, -0.05) is 152 Å². The van der Waals surface area contributed by atoms with Gasteiger partial charge >= 0.3 is 0 Å². The molecule has 1 aliphatic rings. The monoisotopic (exact) mass is 585 g/mol. The number of fused-ring (bicyclic) bond motifs is 5. The largest absolute Gasteiger partial charge is 0.309 e. The molecule has 0 N–H and O–H groups in total. The van der Waals surface area contributed by atoms with Crippen LogP contribution in [0.15, 0.2) is 176 Å². The number of anilines is 3. The highest BCUT2D eigenvalue weighted by atomic mass is 15.1. The van der Waals surface area contributed by atoms with Gasteiger partial charge in [0.15, 0.2) is 0 Å². The van der Waals surface area contributed by atoms with Crippen LogP contribution in [0.5, 0.6) is 0 Å². The lowest BCUT2D eigenvalue weighted by atomic mass is 9.92. The third-order valence-electron chi connectivity index (χ3n) is 9.48. The SMILES string of the molecule is c1ccc(-c2ccc(N(c3ccc4c(c3)-c3ccccc3C4)c3c(-c4cccc5ccccc45)ccc4ccccc34)cc2)cc1. The first-order chi connectivity index (χ1) is 22.8. The maximum absolute atomic E-state index is 2.48. The van der Waals surface area contributed by atoms with Crippen molar-refractivity contribution in [2.45, 2.75) is 6.42 Å². The zero-order valence-corrected chi connectivity index (χ0v) is 25.4. The Hall–Kier alpha value is -5.92. The summed E-state index contributed by atoms with van der Waals surface area (Å²) in [5.74, 6) is 0. The van der Waals surface area contributed by atoms with Gasteiger partial charge in [-0.3, -0.25) is 0 Å². The summed E-state index contributed by atoms with van der Waals surface area (Å²) in [5, 5.41) is 4.94. The summed E-state index contributed by atoms with van der Waals surface area (Å²) >= 11 is 0. The standard InChI is InChI=1S/C45H31N/c1-2-11-31(12-3-1)32-21-25-37(26-22-32)46(38-27-23-36-29-35-15-6-8-18-40(35)44(36)30-38)45-41-19-9-5-14-34(41)24-28-43(45)42-20-10-16-33-13-4-7-17-39(33)42/h1-28,30H,29H2. The van der Waals surface area contributed by atoms with Crippen LogP contribution >= 0.6 is 0 Å². The van der Waals surface area contributed by atoms with E-state index in [9.17, 15) is 0 Å². The number of nitrogens with zero attached hydrogens (tertiary/aromatic N) is 1. The van der Waals surface area contributed by atoms with Gasteiger partial charge in [0.25, 0.3) is 0 Å². The molecular formula is C45H31N. The molecule has 0 radical (unpaired) electrons. The summed E-state index contributed by atoms with van der Waals surface area (Å²) in [6.45, 7) is 0. The van der Waals surface area contributed by atoms with Crippen molar-refractivity contribution in [2.75, 3.05) is 4.90 Å². The molecule has 8 aromatic rings. The lowest BCUT2D eigenvalue weighted by Crippen LogP contribution is -2.12. The van der Waals surface area contributed by atoms with Crippen LogP contribution in [0.3, 0.4) is 0 Å². The molecule has 0 spiro atoms. The summed E-state index contributed by atoms with van der Waals surface area (Å²) in [5.41, 5.74) is 13.8. The van der Waals surface area contributed by atoms with Crippen LogP contribution in [0.2, 0.25) is 0 Å². The van der Waals surface area contributed by atoms with E-state index in [-0.39, 0.29) is 0 Å². The van der Waals surface area contributed by atoms with Crippen LogP contribution in [0.1, 0.15) is 11.1 Å². The third-order valence-corrected chi connectivity index (χ3v) is 9.48. The molecule has 0 saturated heterocycles. The first kappa shape index (κ1) is 26.5. The molecule has 0 aromatic heterocycles. The predicted molar refractivity (Wildman–Crippen MR) is 195 cm³/mol. The van der Waals surface area contributed by atoms with E-state index in [1.54, 1.807) is 0 Å². The molecule has 0 aliphatic heterocycles. The van der Waals surface area contributed by atoms with Crippen molar-refractivity contribution in [3.63, 3.8) is 0 Å². The van der Waals surface area contributed by atoms with E-state index >= 15 is 0 Å². The van der Waals surface area contributed by atoms with Crippen LogP contribution in [0.25, 0.3) is 54.9 Å². The van der Waals surface area contributed by atoms with E-state index in [2.05, 4.69) is 181 Å². The second-order valence-corrected chi connectivity index (χ2v) is 12.1. The molecule has 1 nitrogen and oxygen atoms in total. The van der Waals surface area contributed by atoms with Gasteiger partial charge in [0.2, 0.25) is 0 Å². The summed E-state index contributed by atoms with van der Waals surface area (Å²) in [4.78, 5) is 2.48. The molecule has 46 heavy (non-hydrogen) atoms. The smallest absolute Gasteiger partial charge is 0.0618 e. The Labute approximate surface area is 269 Å². The van der Waals surface area contributed by atoms with Gasteiger partial charge in [0, 0.05) is 22.3 Å². The van der Waals surface area contributed by atoms with E-state index < -0.39 is 0 Å². The van der Waals surface area contributed by atoms with Crippen molar-refractivity contribution in [1.82, 2.24) is 0 Å². The number of rotatable bonds is 5. The summed E-state index contributed by atoms with van der Waals surface area (Å²) < 4.78 is 0. The fraction of sp³-hybridized carbons (Fsp3) is 0.0222. The quantitative estimate of drug-likeness (QED) is 0.194. The van der Waals surface area contributed by atoms with Crippen molar-refractivity contribution in [1.29, 1.82) is 0 Å². The molecular weight excluding hydrogens is 555 g/mol. The van der Waals surface area contributed by atoms with Crippen molar-refractivity contribution < 1.29 is 0 Å². The van der Waals surface area contributed by atoms with Crippen LogP contribution < -0.4 is 4.90 Å². The van der Waals surface area contributed by atoms with Crippen molar-refractivity contribution >= 4 is 38.6 Å². The minimum Gasteiger partial charge on any atom is -0.309 e. The average molecular weight is 586 g/mol. The second kappa shape index (κ2) is 10.9. The van der Waals surface area contributed by atoms with Crippen molar-refractivity contribution in [2.24, 2.45) is 0 Å². The van der Waals surface area contributed by atoms with Crippen LogP contribution in [-0.4, -0.2) is 0 Å². The molecule has 9 rings (SSSR count). The Balaban J connectivity index is 1.33. The lowest BCUT2D eigenvalue weighted by molar-refractivity contribution is 1.25. The molecule has 0 fully saturated rings. The third kappa shape index (κ3) is 4.40. The minimum atomic E-state index is 0.979. The average Bonchev–Trinajstić information content (AvgIpc) is 3.50. The molecule has 8 aromatic carbocycles. The maximum Gasteiger partial charge on any atom is 0.0618 e. The van der Waals surface area contributed by atoms with Gasteiger partial charge in [0.1, 0.15) is 0 Å². The highest BCUT2D eigenvalue weighted by molar-refractivity contribution is 6.10. The summed E-state index contributed by atoms with van der Waals surface area (Å²) in [7, 11) is 0. The van der Waals surface area contributed by atoms with Crippen LogP contribution in [0, 0.1) is 0 Å². The van der Waals surface area contributed by atoms with E-state index in [0.717, 1.165) is 17.8 Å². The van der Waals surface area contributed by atoms with Crippen LogP contribution in [0.4, 0.5) is 17.1 Å². The Bertz CT molecular complexity index is 2380. The molecule has 0 atom stereocenters. The first-order valence-electron chi connectivity index (χ1n) is 16.0. The molecule has 0 saturated carbocycles. The van der Waals surface area contributed by atoms with Gasteiger partial charge in [0.05, 0.1) is 5.69 Å². The molecule has 0 bridgehead atoms. The zero-order chi connectivity index (χ0) is 30.5. The predicted octanol–water partition coefficient (Wildman–Crippen LogP) is 12.4. The number of hydrogen-bond acceptors (Lipinski definition) is 1. The molecule has 0 unspecified atom stereocenters. The van der Waals surface area contributed by atoms with Crippen LogP contribution in [-0.2, 0) is 6.42 Å². The van der Waals surface area contributed by atoms with E-state index in [1.165, 1.54) is 71.7 Å². The highest BCUT2D eigenvalue weighted by Crippen LogP contribution is 2.48. The molecule has 1 aliphatic carbocycles. The van der Waals surface area contributed by atoms with Gasteiger partial charge in [-0.2, -0.15) is 0 Å². The van der Waals surface area contributed by atoms with Gasteiger partial charge in [-0.05, 0) is 85.8 Å². The number of benzene rings is 8. The summed E-state index contributed by atoms with van der Waals surface area (Å²) in [6.07, 6.45) is 0.979. The molecule has 216 valence electrons. The Kier molecular flexibility index (Phi) is 6.28. The maximum atomic E-state index is 2.48. The first-order valence-corrected chi connectivity index (χ1v) is 16.0. The highest BCUT2D eigenvalue weighted by Gasteiger charge is 2.24. The fourth-order valence-electron chi connectivity index (χ4n) is 7.27. The van der Waals surface area contributed by atoms with E-state index in [4.69, 9.17) is 0 Å². The Morgan fingerprint density at radius 2 is 0.957 bits per heavy atom. The molecule has 0 heterocycles. The minimum absolute atomic E-state index is 0.979. The molecule has 1 heteroatoms. The summed E-state index contributed by atoms with van der Waals surface area (Å²) in [6, 6.07) is 64.3. The van der Waals surface area contributed by atoms with E-state index in [0.29, 0.717) is 0 Å². The van der Waals surface area contributed by atoms with Crippen molar-refractivity contribution in [3.05, 3.63) is 187 Å². The normalized spacial score (nSPS) is 11.8. The Morgan fingerprint density at radius 3 is 1.80 bits per heavy atom. The van der Waals surface area contributed by atoms with Crippen molar-refractivity contribution in [3.8, 4) is 33.4 Å². The van der Waals surface area contributed by atoms with Gasteiger partial charge in [-0.25, -0.2) is 0 Å². The van der Waals surface area contributed by atoms with Gasteiger partial charge in [-0.15, -0.1) is 0 Å². The zero-order valence-electron chi connectivity index (χ0n) is 25.4. The van der Waals surface area contributed by atoms with Gasteiger partial charge < -0.3 is 4.90 Å². The second-order valence-electron chi connectivity index (χ2n) is 12.1. The van der Waals surface area contributed by atoms with E-state index in [1.807, 2.05) is 0 Å². The lowest BCUT2D eigenvalue weighted by Gasteiger charge is -2.30.